The minimum Gasteiger partial charge on any atom is -0.368 e. The maximum atomic E-state index is 5.47. The van der Waals surface area contributed by atoms with Gasteiger partial charge in [0.05, 0.1) is 12.3 Å². The summed E-state index contributed by atoms with van der Waals surface area (Å²) in [5, 5.41) is 0. The number of fused-ring (bicyclic) bond motifs is 1. The third-order valence-electron chi connectivity index (χ3n) is 1.75. The molecule has 2 rings (SSSR count). The molecule has 0 spiro atoms. The lowest BCUT2D eigenvalue weighted by atomic mass is 10.1. The Morgan fingerprint density at radius 2 is 2.17 bits per heavy atom. The molecule has 2 aliphatic rings. The van der Waals surface area contributed by atoms with Crippen LogP contribution in [-0.2, 0) is 0 Å². The molecule has 0 aromatic carbocycles. The van der Waals surface area contributed by atoms with E-state index >= 15 is 0 Å². The second-order valence-corrected chi connectivity index (χ2v) is 2.61. The van der Waals surface area contributed by atoms with Gasteiger partial charge < -0.3 is 5.73 Å². The fraction of sp³-hybridized carbons (Fsp3) is 0.111. The second-order valence-electron chi connectivity index (χ2n) is 2.61. The van der Waals surface area contributed by atoms with Crippen molar-refractivity contribution in [1.29, 1.82) is 0 Å². The van der Waals surface area contributed by atoms with Crippen molar-refractivity contribution < 1.29 is 0 Å². The van der Waals surface area contributed by atoms with Crippen LogP contribution in [0.4, 0.5) is 0 Å². The predicted molar refractivity (Wildman–Crippen MR) is 50.3 cm³/mol. The fourth-order valence-corrected chi connectivity index (χ4v) is 1.14. The third-order valence-corrected chi connectivity index (χ3v) is 1.75. The number of aliphatic imine (C=N–C) groups is 2. The summed E-state index contributed by atoms with van der Waals surface area (Å²) in [7, 11) is 0. The quantitative estimate of drug-likeness (QED) is 0.558. The van der Waals surface area contributed by atoms with Crippen LogP contribution >= 0.6 is 0 Å². The van der Waals surface area contributed by atoms with Gasteiger partial charge in [-0.1, -0.05) is 24.3 Å². The molecule has 0 aromatic rings. The van der Waals surface area contributed by atoms with E-state index in [2.05, 4.69) is 9.98 Å². The number of nitrogens with zero attached hydrogens (tertiary/aromatic N) is 2. The summed E-state index contributed by atoms with van der Waals surface area (Å²) >= 11 is 0. The summed E-state index contributed by atoms with van der Waals surface area (Å²) in [6, 6.07) is 0. The molecule has 12 heavy (non-hydrogen) atoms. The molecular weight excluding hydrogens is 150 g/mol. The first kappa shape index (κ1) is 7.03. The van der Waals surface area contributed by atoms with Crippen LogP contribution in [0.3, 0.4) is 0 Å². The zero-order chi connectivity index (χ0) is 8.39. The molecular formula is C9H9N3. The Labute approximate surface area is 70.7 Å². The zero-order valence-electron chi connectivity index (χ0n) is 6.57. The number of nitrogens with two attached hydrogens (primary N) is 1. The average molecular weight is 159 g/mol. The number of guanidine groups is 1. The first-order valence-electron chi connectivity index (χ1n) is 3.79. The molecule has 0 amide bonds. The van der Waals surface area contributed by atoms with Crippen molar-refractivity contribution in [3.63, 3.8) is 0 Å². The normalized spacial score (nSPS) is 20.5. The van der Waals surface area contributed by atoms with Crippen molar-refractivity contribution in [1.82, 2.24) is 0 Å². The smallest absolute Gasteiger partial charge is 0.216 e. The van der Waals surface area contributed by atoms with Crippen molar-refractivity contribution in [2.24, 2.45) is 15.7 Å². The van der Waals surface area contributed by atoms with Gasteiger partial charge in [0.25, 0.3) is 0 Å². The maximum absolute atomic E-state index is 5.47. The van der Waals surface area contributed by atoms with Crippen LogP contribution < -0.4 is 5.73 Å². The van der Waals surface area contributed by atoms with E-state index in [1.54, 1.807) is 0 Å². The minimum absolute atomic E-state index is 0.369. The molecule has 2 N–H and O–H groups in total. The molecule has 0 aromatic heterocycles. The summed E-state index contributed by atoms with van der Waals surface area (Å²) < 4.78 is 0. The van der Waals surface area contributed by atoms with Crippen LogP contribution in [0.25, 0.3) is 0 Å². The molecule has 3 heteroatoms. The van der Waals surface area contributed by atoms with Crippen LogP contribution in [0.15, 0.2) is 45.9 Å². The van der Waals surface area contributed by atoms with E-state index in [9.17, 15) is 0 Å². The lowest BCUT2D eigenvalue weighted by molar-refractivity contribution is 1.15. The van der Waals surface area contributed by atoms with Gasteiger partial charge in [-0.05, 0) is 11.6 Å². The van der Waals surface area contributed by atoms with E-state index in [1.165, 1.54) is 0 Å². The maximum Gasteiger partial charge on any atom is 0.216 e. The van der Waals surface area contributed by atoms with Crippen LogP contribution in [0, 0.1) is 0 Å². The Kier molecular flexibility index (Phi) is 1.63. The molecule has 1 heterocycles. The Morgan fingerprint density at radius 1 is 1.25 bits per heavy atom. The summed E-state index contributed by atoms with van der Waals surface area (Å²) in [6.07, 6.45) is 9.84. The van der Waals surface area contributed by atoms with Crippen LogP contribution in [-0.4, -0.2) is 18.2 Å². The van der Waals surface area contributed by atoms with Gasteiger partial charge in [0, 0.05) is 0 Å². The van der Waals surface area contributed by atoms with Crippen LogP contribution in [0.5, 0.6) is 0 Å². The highest BCUT2D eigenvalue weighted by molar-refractivity contribution is 6.15. The molecule has 1 aliphatic carbocycles. The van der Waals surface area contributed by atoms with Crippen LogP contribution in [0.2, 0.25) is 0 Å². The number of hydrogen-bond acceptors (Lipinski definition) is 3. The number of allylic oxidation sites excluding steroid dienone is 5. The highest BCUT2D eigenvalue weighted by Crippen LogP contribution is 2.09. The summed E-state index contributed by atoms with van der Waals surface area (Å²) in [5.74, 6) is 0.369. The Bertz CT molecular complexity index is 343. The summed E-state index contributed by atoms with van der Waals surface area (Å²) in [4.78, 5) is 8.14. The van der Waals surface area contributed by atoms with E-state index in [0.29, 0.717) is 12.5 Å². The van der Waals surface area contributed by atoms with Gasteiger partial charge in [0.1, 0.15) is 0 Å². The highest BCUT2D eigenvalue weighted by atomic mass is 15.1. The van der Waals surface area contributed by atoms with Crippen molar-refractivity contribution >= 4 is 11.7 Å². The van der Waals surface area contributed by atoms with Crippen molar-refractivity contribution in [3.05, 3.63) is 36.0 Å². The molecule has 0 saturated carbocycles. The lowest BCUT2D eigenvalue weighted by Crippen LogP contribution is -2.19. The monoisotopic (exact) mass is 159 g/mol. The van der Waals surface area contributed by atoms with Gasteiger partial charge in [-0.2, -0.15) is 0 Å². The number of hydrogen-bond donors (Lipinski definition) is 1. The molecule has 60 valence electrons. The summed E-state index contributed by atoms with van der Waals surface area (Å²) in [6.45, 7) is 0.638. The predicted octanol–water partition coefficient (Wildman–Crippen LogP) is 0.808. The topological polar surface area (TPSA) is 50.7 Å². The molecule has 0 atom stereocenters. The van der Waals surface area contributed by atoms with Gasteiger partial charge in [0.15, 0.2) is 0 Å². The van der Waals surface area contributed by atoms with Gasteiger partial charge in [-0.25, -0.2) is 9.98 Å². The third kappa shape index (κ3) is 1.21. The van der Waals surface area contributed by atoms with Gasteiger partial charge in [0.2, 0.25) is 5.96 Å². The number of rotatable bonds is 0. The fourth-order valence-electron chi connectivity index (χ4n) is 1.14. The van der Waals surface area contributed by atoms with Gasteiger partial charge in [-0.15, -0.1) is 0 Å². The minimum atomic E-state index is 0.369. The summed E-state index contributed by atoms with van der Waals surface area (Å²) in [5.41, 5.74) is 7.52. The molecule has 0 bridgehead atoms. The Morgan fingerprint density at radius 3 is 3.08 bits per heavy atom. The first-order valence-corrected chi connectivity index (χ1v) is 3.79. The highest BCUT2D eigenvalue weighted by Gasteiger charge is 2.09. The van der Waals surface area contributed by atoms with E-state index in [4.69, 9.17) is 5.73 Å². The van der Waals surface area contributed by atoms with E-state index in [1.807, 2.05) is 30.4 Å². The van der Waals surface area contributed by atoms with E-state index in [-0.39, 0.29) is 0 Å². The van der Waals surface area contributed by atoms with Gasteiger partial charge in [-0.3, -0.25) is 0 Å². The Hall–Kier alpha value is -1.64. The average Bonchev–Trinajstić information content (AvgIpc) is 2.28. The van der Waals surface area contributed by atoms with E-state index in [0.717, 1.165) is 11.3 Å². The standard InChI is InChI=1S/C9H9N3/c10-9-11-6-7-4-2-1-3-5-8(7)12-9/h1-5H,6H2,(H2,10,11). The molecule has 0 radical (unpaired) electrons. The zero-order valence-corrected chi connectivity index (χ0v) is 6.57. The van der Waals surface area contributed by atoms with Crippen molar-refractivity contribution in [3.8, 4) is 0 Å². The lowest BCUT2D eigenvalue weighted by Gasteiger charge is -2.08. The Balaban J connectivity index is 2.43. The van der Waals surface area contributed by atoms with Crippen molar-refractivity contribution in [2.45, 2.75) is 0 Å². The molecule has 3 nitrogen and oxygen atoms in total. The first-order chi connectivity index (χ1) is 5.86. The van der Waals surface area contributed by atoms with Crippen LogP contribution in [0.1, 0.15) is 0 Å². The van der Waals surface area contributed by atoms with E-state index < -0.39 is 0 Å². The molecule has 0 fully saturated rings. The SMILES string of the molecule is NC1=NCC2=CC=CC=CC2=N1. The molecule has 1 aliphatic heterocycles. The van der Waals surface area contributed by atoms with Crippen molar-refractivity contribution in [2.75, 3.05) is 6.54 Å². The largest absolute Gasteiger partial charge is 0.368 e. The molecule has 0 saturated heterocycles. The van der Waals surface area contributed by atoms with Gasteiger partial charge >= 0.3 is 0 Å². The molecule has 0 unspecified atom stereocenters. The second kappa shape index (κ2) is 2.77.